The van der Waals surface area contributed by atoms with Crippen LogP contribution < -0.4 is 20.1 Å². The number of halogens is 1. The quantitative estimate of drug-likeness (QED) is 0.248. The van der Waals surface area contributed by atoms with Gasteiger partial charge in [-0.15, -0.1) is 24.0 Å². The lowest BCUT2D eigenvalue weighted by Crippen LogP contribution is -2.38. The number of aliphatic imine (C=N–C) groups is 1. The summed E-state index contributed by atoms with van der Waals surface area (Å²) >= 11 is 0. The number of ether oxygens (including phenoxy) is 3. The topological polar surface area (TPSA) is 64.1 Å². The molecule has 0 spiro atoms. The molecule has 7 heteroatoms. The van der Waals surface area contributed by atoms with Crippen LogP contribution in [-0.4, -0.2) is 46.5 Å². The molecule has 0 atom stereocenters. The minimum absolute atomic E-state index is 0. The van der Waals surface area contributed by atoms with Gasteiger partial charge in [-0.1, -0.05) is 6.07 Å². The fourth-order valence-corrected chi connectivity index (χ4v) is 2.02. The van der Waals surface area contributed by atoms with Crippen LogP contribution in [0.1, 0.15) is 25.8 Å². The molecule has 138 valence electrons. The summed E-state index contributed by atoms with van der Waals surface area (Å²) in [6.07, 6.45) is 0.953. The van der Waals surface area contributed by atoms with Crippen LogP contribution >= 0.6 is 24.0 Å². The number of hydrogen-bond donors (Lipinski definition) is 2. The van der Waals surface area contributed by atoms with Crippen LogP contribution in [0.25, 0.3) is 0 Å². The van der Waals surface area contributed by atoms with Crippen LogP contribution in [0, 0.1) is 0 Å². The molecule has 1 aromatic rings. The lowest BCUT2D eigenvalue weighted by atomic mass is 10.2. The molecule has 24 heavy (non-hydrogen) atoms. The summed E-state index contributed by atoms with van der Waals surface area (Å²) < 4.78 is 15.9. The van der Waals surface area contributed by atoms with E-state index < -0.39 is 0 Å². The molecule has 0 aliphatic carbocycles. The maximum Gasteiger partial charge on any atom is 0.191 e. The zero-order valence-electron chi connectivity index (χ0n) is 15.1. The highest BCUT2D eigenvalue weighted by Gasteiger charge is 2.04. The predicted octanol–water partition coefficient (Wildman–Crippen LogP) is 2.80. The molecule has 6 nitrogen and oxygen atoms in total. The van der Waals surface area contributed by atoms with Crippen molar-refractivity contribution in [3.63, 3.8) is 0 Å². The van der Waals surface area contributed by atoms with Crippen LogP contribution in [-0.2, 0) is 11.3 Å². The van der Waals surface area contributed by atoms with Gasteiger partial charge >= 0.3 is 0 Å². The number of benzene rings is 1. The standard InChI is InChI=1S/C17H29N3O3.HI/c1-5-18-17(19-10-7-11-23-6-2)20-13-14-8-9-15(21-3)16(12-14)22-4;/h8-9,12H,5-7,10-11,13H2,1-4H3,(H2,18,19,20);1H. The Kier molecular flexibility index (Phi) is 13.4. The smallest absolute Gasteiger partial charge is 0.191 e. The van der Waals surface area contributed by atoms with Crippen molar-refractivity contribution in [2.24, 2.45) is 4.99 Å². The van der Waals surface area contributed by atoms with Crippen molar-refractivity contribution < 1.29 is 14.2 Å². The number of rotatable bonds is 10. The average Bonchev–Trinajstić information content (AvgIpc) is 2.59. The molecule has 0 aliphatic heterocycles. The number of nitrogens with zero attached hydrogens (tertiary/aromatic N) is 1. The van der Waals surface area contributed by atoms with Gasteiger partial charge in [0.15, 0.2) is 17.5 Å². The summed E-state index contributed by atoms with van der Waals surface area (Å²) in [7, 11) is 3.26. The maximum absolute atomic E-state index is 5.33. The zero-order valence-corrected chi connectivity index (χ0v) is 17.4. The van der Waals surface area contributed by atoms with Crippen LogP contribution in [0.15, 0.2) is 23.2 Å². The Labute approximate surface area is 162 Å². The van der Waals surface area contributed by atoms with Gasteiger partial charge in [-0.2, -0.15) is 0 Å². The molecule has 0 saturated heterocycles. The first-order valence-electron chi connectivity index (χ1n) is 8.05. The Bertz CT molecular complexity index is 484. The van der Waals surface area contributed by atoms with Gasteiger partial charge in [0.2, 0.25) is 0 Å². The van der Waals surface area contributed by atoms with Gasteiger partial charge in [0, 0.05) is 26.3 Å². The van der Waals surface area contributed by atoms with Crippen LogP contribution in [0.4, 0.5) is 0 Å². The molecule has 0 aliphatic rings. The first kappa shape index (κ1) is 22.8. The van der Waals surface area contributed by atoms with Crippen molar-refractivity contribution in [2.45, 2.75) is 26.8 Å². The normalized spacial score (nSPS) is 10.8. The van der Waals surface area contributed by atoms with Crippen molar-refractivity contribution >= 4 is 29.9 Å². The van der Waals surface area contributed by atoms with E-state index in [2.05, 4.69) is 15.6 Å². The van der Waals surface area contributed by atoms with Crippen LogP contribution in [0.5, 0.6) is 11.5 Å². The van der Waals surface area contributed by atoms with Gasteiger partial charge in [-0.3, -0.25) is 0 Å². The molecule has 1 aromatic carbocycles. The molecular formula is C17H30IN3O3. The number of guanidine groups is 1. The predicted molar refractivity (Wildman–Crippen MR) is 109 cm³/mol. The molecule has 0 heterocycles. The average molecular weight is 451 g/mol. The summed E-state index contributed by atoms with van der Waals surface area (Å²) in [6, 6.07) is 5.83. The number of hydrogen-bond acceptors (Lipinski definition) is 4. The number of methoxy groups -OCH3 is 2. The Hall–Kier alpha value is -1.22. The van der Waals surface area contributed by atoms with E-state index in [1.54, 1.807) is 14.2 Å². The highest BCUT2D eigenvalue weighted by atomic mass is 127. The van der Waals surface area contributed by atoms with Gasteiger partial charge < -0.3 is 24.8 Å². The minimum Gasteiger partial charge on any atom is -0.493 e. The molecule has 2 N–H and O–H groups in total. The van der Waals surface area contributed by atoms with Crippen molar-refractivity contribution in [3.05, 3.63) is 23.8 Å². The van der Waals surface area contributed by atoms with Crippen molar-refractivity contribution in [2.75, 3.05) is 40.5 Å². The second kappa shape index (κ2) is 14.2. The fourth-order valence-electron chi connectivity index (χ4n) is 2.02. The van der Waals surface area contributed by atoms with E-state index in [4.69, 9.17) is 14.2 Å². The monoisotopic (exact) mass is 451 g/mol. The highest BCUT2D eigenvalue weighted by molar-refractivity contribution is 14.0. The largest absolute Gasteiger partial charge is 0.493 e. The van der Waals surface area contributed by atoms with E-state index in [0.717, 1.165) is 55.7 Å². The van der Waals surface area contributed by atoms with Gasteiger partial charge in [0.25, 0.3) is 0 Å². The van der Waals surface area contributed by atoms with E-state index in [-0.39, 0.29) is 24.0 Å². The molecule has 0 amide bonds. The van der Waals surface area contributed by atoms with Crippen LogP contribution in [0.3, 0.4) is 0 Å². The van der Waals surface area contributed by atoms with Crippen molar-refractivity contribution in [3.8, 4) is 11.5 Å². The summed E-state index contributed by atoms with van der Waals surface area (Å²) in [5.41, 5.74) is 1.06. The van der Waals surface area contributed by atoms with E-state index in [1.807, 2.05) is 32.0 Å². The second-order valence-corrected chi connectivity index (χ2v) is 4.86. The first-order valence-corrected chi connectivity index (χ1v) is 8.05. The molecule has 0 saturated carbocycles. The summed E-state index contributed by atoms with van der Waals surface area (Å²) in [6.45, 7) is 7.80. The number of nitrogens with one attached hydrogen (secondary N) is 2. The Morgan fingerprint density at radius 1 is 1.08 bits per heavy atom. The summed E-state index contributed by atoms with van der Waals surface area (Å²) in [4.78, 5) is 4.59. The molecule has 0 aromatic heterocycles. The molecule has 0 fully saturated rings. The lowest BCUT2D eigenvalue weighted by molar-refractivity contribution is 0.145. The molecule has 0 unspecified atom stereocenters. The fraction of sp³-hybridized carbons (Fsp3) is 0.588. The molecule has 1 rings (SSSR count). The third kappa shape index (κ3) is 8.58. The van der Waals surface area contributed by atoms with E-state index in [0.29, 0.717) is 6.54 Å². The summed E-state index contributed by atoms with van der Waals surface area (Å²) in [5.74, 6) is 2.25. The zero-order chi connectivity index (χ0) is 16.9. The van der Waals surface area contributed by atoms with Gasteiger partial charge in [0.1, 0.15) is 0 Å². The Morgan fingerprint density at radius 3 is 2.46 bits per heavy atom. The third-order valence-corrected chi connectivity index (χ3v) is 3.17. The van der Waals surface area contributed by atoms with E-state index in [9.17, 15) is 0 Å². The molecule has 0 bridgehead atoms. The van der Waals surface area contributed by atoms with Crippen LogP contribution in [0.2, 0.25) is 0 Å². The maximum atomic E-state index is 5.33. The Morgan fingerprint density at radius 2 is 1.83 bits per heavy atom. The van der Waals surface area contributed by atoms with Gasteiger partial charge in [-0.25, -0.2) is 4.99 Å². The Balaban J connectivity index is 0.00000529. The first-order chi connectivity index (χ1) is 11.2. The molecule has 0 radical (unpaired) electrons. The van der Waals surface area contributed by atoms with Crippen molar-refractivity contribution in [1.29, 1.82) is 0 Å². The molecular weight excluding hydrogens is 421 g/mol. The van der Waals surface area contributed by atoms with Gasteiger partial charge in [0.05, 0.1) is 20.8 Å². The second-order valence-electron chi connectivity index (χ2n) is 4.86. The SMILES string of the molecule is CCNC(=NCc1ccc(OC)c(OC)c1)NCCCOCC.I. The third-order valence-electron chi connectivity index (χ3n) is 3.17. The minimum atomic E-state index is 0. The van der Waals surface area contributed by atoms with E-state index in [1.165, 1.54) is 0 Å². The lowest BCUT2D eigenvalue weighted by Gasteiger charge is -2.12. The van der Waals surface area contributed by atoms with Gasteiger partial charge in [-0.05, 0) is 38.0 Å². The highest BCUT2D eigenvalue weighted by Crippen LogP contribution is 2.27. The summed E-state index contributed by atoms with van der Waals surface area (Å²) in [5, 5.41) is 6.54. The van der Waals surface area contributed by atoms with E-state index >= 15 is 0 Å². The van der Waals surface area contributed by atoms with Crippen molar-refractivity contribution in [1.82, 2.24) is 10.6 Å².